The van der Waals surface area contributed by atoms with Crippen LogP contribution in [0.3, 0.4) is 0 Å². The first-order valence-electron chi connectivity index (χ1n) is 6.31. The largest absolute Gasteiger partial charge is 0.507 e. The van der Waals surface area contributed by atoms with Gasteiger partial charge in [-0.25, -0.2) is 8.42 Å². The molecule has 5 heteroatoms. The summed E-state index contributed by atoms with van der Waals surface area (Å²) in [4.78, 5) is 1.99. The predicted molar refractivity (Wildman–Crippen MR) is 81.0 cm³/mol. The van der Waals surface area contributed by atoms with Gasteiger partial charge in [0.2, 0.25) is 0 Å². The first kappa shape index (κ1) is 14.9. The quantitative estimate of drug-likeness (QED) is 0.914. The van der Waals surface area contributed by atoms with Gasteiger partial charge in [0, 0.05) is 4.90 Å². The lowest BCUT2D eigenvalue weighted by Crippen LogP contribution is -2.05. The van der Waals surface area contributed by atoms with Crippen LogP contribution in [0, 0.1) is 0 Å². The number of benzene rings is 2. The molecule has 0 unspecified atom stereocenters. The lowest BCUT2D eigenvalue weighted by molar-refractivity contribution is 0.462. The molecule has 0 spiro atoms. The van der Waals surface area contributed by atoms with Crippen molar-refractivity contribution in [1.82, 2.24) is 0 Å². The van der Waals surface area contributed by atoms with Gasteiger partial charge in [-0.2, -0.15) is 0 Å². The van der Waals surface area contributed by atoms with Crippen LogP contribution < -0.4 is 0 Å². The molecule has 0 heterocycles. The molecule has 0 saturated heterocycles. The number of para-hydroxylation sites is 1. The van der Waals surface area contributed by atoms with Gasteiger partial charge in [0.1, 0.15) is 5.75 Å². The Morgan fingerprint density at radius 3 is 2.30 bits per heavy atom. The smallest absolute Gasteiger partial charge is 0.178 e. The molecular formula is C15H16O3S2. The van der Waals surface area contributed by atoms with Gasteiger partial charge in [0.25, 0.3) is 0 Å². The fourth-order valence-corrected chi connectivity index (χ4v) is 3.94. The molecule has 20 heavy (non-hydrogen) atoms. The van der Waals surface area contributed by atoms with E-state index in [0.717, 1.165) is 9.79 Å². The summed E-state index contributed by atoms with van der Waals surface area (Å²) in [5, 5.41) is 9.71. The third kappa shape index (κ3) is 3.55. The molecule has 1 N–H and O–H groups in total. The number of hydrogen-bond acceptors (Lipinski definition) is 4. The summed E-state index contributed by atoms with van der Waals surface area (Å²) < 4.78 is 23.8. The fourth-order valence-electron chi connectivity index (χ4n) is 1.77. The maximum absolute atomic E-state index is 11.9. The zero-order valence-corrected chi connectivity index (χ0v) is 12.7. The molecule has 3 nitrogen and oxygen atoms in total. The van der Waals surface area contributed by atoms with Crippen molar-refractivity contribution in [1.29, 1.82) is 0 Å². The molecule has 2 aromatic carbocycles. The Bertz CT molecular complexity index is 677. The summed E-state index contributed by atoms with van der Waals surface area (Å²) in [5.74, 6) is 0.388. The number of phenolic OH excluding ortho intramolecular Hbond substituents is 1. The summed E-state index contributed by atoms with van der Waals surface area (Å²) in [6.07, 6.45) is 0.608. The van der Waals surface area contributed by atoms with Gasteiger partial charge in [-0.1, -0.05) is 30.8 Å². The highest BCUT2D eigenvalue weighted by Crippen LogP contribution is 2.34. The molecular weight excluding hydrogens is 292 g/mol. The Morgan fingerprint density at radius 2 is 1.70 bits per heavy atom. The van der Waals surface area contributed by atoms with E-state index in [2.05, 4.69) is 0 Å². The van der Waals surface area contributed by atoms with Crippen LogP contribution in [-0.4, -0.2) is 19.3 Å². The zero-order valence-electron chi connectivity index (χ0n) is 11.1. The van der Waals surface area contributed by atoms with E-state index in [1.807, 2.05) is 19.1 Å². The average molecular weight is 308 g/mol. The second-order valence-electron chi connectivity index (χ2n) is 4.36. The zero-order chi connectivity index (χ0) is 14.6. The van der Waals surface area contributed by atoms with Crippen molar-refractivity contribution >= 4 is 21.6 Å². The molecule has 0 aromatic heterocycles. The minimum Gasteiger partial charge on any atom is -0.507 e. The van der Waals surface area contributed by atoms with Crippen molar-refractivity contribution in [2.75, 3.05) is 5.75 Å². The molecule has 0 aliphatic heterocycles. The highest BCUT2D eigenvalue weighted by Gasteiger charge is 2.12. The Kier molecular flexibility index (Phi) is 4.73. The molecule has 0 atom stereocenters. The molecule has 0 aliphatic carbocycles. The Labute approximate surface area is 123 Å². The van der Waals surface area contributed by atoms with E-state index >= 15 is 0 Å². The Morgan fingerprint density at radius 1 is 1.05 bits per heavy atom. The summed E-state index contributed by atoms with van der Waals surface area (Å²) >= 11 is 1.40. The van der Waals surface area contributed by atoms with Crippen LogP contribution >= 0.6 is 11.8 Å². The number of aromatic hydroxyl groups is 1. The molecule has 0 radical (unpaired) electrons. The molecule has 0 fully saturated rings. The van der Waals surface area contributed by atoms with Crippen LogP contribution in [0.4, 0.5) is 0 Å². The first-order chi connectivity index (χ1) is 9.53. The first-order valence-corrected chi connectivity index (χ1v) is 8.78. The number of hydrogen-bond donors (Lipinski definition) is 1. The Hall–Kier alpha value is -1.46. The topological polar surface area (TPSA) is 54.4 Å². The molecule has 0 bridgehead atoms. The number of rotatable bonds is 5. The molecule has 0 amide bonds. The van der Waals surface area contributed by atoms with Crippen LogP contribution in [-0.2, 0) is 9.84 Å². The van der Waals surface area contributed by atoms with Gasteiger partial charge in [0.05, 0.1) is 15.5 Å². The van der Waals surface area contributed by atoms with Crippen molar-refractivity contribution in [3.63, 3.8) is 0 Å². The lowest BCUT2D eigenvalue weighted by Gasteiger charge is -2.06. The van der Waals surface area contributed by atoms with E-state index < -0.39 is 9.84 Å². The van der Waals surface area contributed by atoms with Crippen LogP contribution in [0.25, 0.3) is 0 Å². The molecule has 2 rings (SSSR count). The van der Waals surface area contributed by atoms with Crippen molar-refractivity contribution in [3.8, 4) is 5.75 Å². The maximum atomic E-state index is 11.9. The molecule has 2 aromatic rings. The van der Waals surface area contributed by atoms with Crippen molar-refractivity contribution < 1.29 is 13.5 Å². The second kappa shape index (κ2) is 6.33. The Balaban J connectivity index is 2.19. The van der Waals surface area contributed by atoms with Crippen LogP contribution in [0.5, 0.6) is 5.75 Å². The molecule has 0 aliphatic rings. The van der Waals surface area contributed by atoms with Gasteiger partial charge >= 0.3 is 0 Å². The predicted octanol–water partition coefficient (Wildman–Crippen LogP) is 3.73. The van der Waals surface area contributed by atoms with Gasteiger partial charge in [0.15, 0.2) is 9.84 Å². The van der Waals surface area contributed by atoms with Crippen LogP contribution in [0.2, 0.25) is 0 Å². The minimum absolute atomic E-state index is 0.166. The van der Waals surface area contributed by atoms with Crippen molar-refractivity contribution in [3.05, 3.63) is 48.5 Å². The molecule has 106 valence electrons. The third-order valence-corrected chi connectivity index (χ3v) is 5.76. The third-order valence-electron chi connectivity index (χ3n) is 2.75. The van der Waals surface area contributed by atoms with Crippen LogP contribution in [0.15, 0.2) is 63.2 Å². The highest BCUT2D eigenvalue weighted by atomic mass is 32.2. The second-order valence-corrected chi connectivity index (χ2v) is 7.58. The SMILES string of the molecule is CCCS(=O)(=O)c1ccc(Sc2ccccc2O)cc1. The normalized spacial score (nSPS) is 11.4. The van der Waals surface area contributed by atoms with Gasteiger partial charge in [-0.05, 0) is 42.8 Å². The van der Waals surface area contributed by atoms with Gasteiger partial charge < -0.3 is 5.11 Å². The lowest BCUT2D eigenvalue weighted by atomic mass is 10.3. The van der Waals surface area contributed by atoms with Crippen molar-refractivity contribution in [2.45, 2.75) is 28.0 Å². The van der Waals surface area contributed by atoms with E-state index in [1.54, 1.807) is 36.4 Å². The average Bonchev–Trinajstić information content (AvgIpc) is 2.42. The fraction of sp³-hybridized carbons (Fsp3) is 0.200. The summed E-state index contributed by atoms with van der Waals surface area (Å²) in [5.41, 5.74) is 0. The number of sulfone groups is 1. The van der Waals surface area contributed by atoms with E-state index in [1.165, 1.54) is 11.8 Å². The van der Waals surface area contributed by atoms with E-state index in [-0.39, 0.29) is 11.5 Å². The summed E-state index contributed by atoms with van der Waals surface area (Å²) in [6.45, 7) is 1.85. The highest BCUT2D eigenvalue weighted by molar-refractivity contribution is 7.99. The van der Waals surface area contributed by atoms with E-state index in [9.17, 15) is 13.5 Å². The van der Waals surface area contributed by atoms with Gasteiger partial charge in [-0.15, -0.1) is 0 Å². The maximum Gasteiger partial charge on any atom is 0.178 e. The monoisotopic (exact) mass is 308 g/mol. The number of phenols is 1. The minimum atomic E-state index is -3.17. The van der Waals surface area contributed by atoms with Gasteiger partial charge in [-0.3, -0.25) is 0 Å². The molecule has 0 saturated carbocycles. The standard InChI is InChI=1S/C15H16O3S2/c1-2-11-20(17,18)13-9-7-12(8-10-13)19-15-6-4-3-5-14(15)16/h3-10,16H,2,11H2,1H3. The van der Waals surface area contributed by atoms with Crippen molar-refractivity contribution in [2.24, 2.45) is 0 Å². The van der Waals surface area contributed by atoms with E-state index in [0.29, 0.717) is 11.3 Å². The summed E-state index contributed by atoms with van der Waals surface area (Å²) in [7, 11) is -3.17. The van der Waals surface area contributed by atoms with Crippen LogP contribution in [0.1, 0.15) is 13.3 Å². The summed E-state index contributed by atoms with van der Waals surface area (Å²) in [6, 6.07) is 13.8. The van der Waals surface area contributed by atoms with E-state index in [4.69, 9.17) is 0 Å².